The molecule has 5 heteroatoms. The van der Waals surface area contributed by atoms with E-state index in [1.54, 1.807) is 20.8 Å². The maximum absolute atomic E-state index is 11.6. The lowest BCUT2D eigenvalue weighted by molar-refractivity contribution is -0.125. The van der Waals surface area contributed by atoms with Gasteiger partial charge >= 0.3 is 6.09 Å². The summed E-state index contributed by atoms with van der Waals surface area (Å²) in [6.45, 7) is 9.40. The highest BCUT2D eigenvalue weighted by Crippen LogP contribution is 2.07. The Morgan fingerprint density at radius 2 is 1.65 bits per heavy atom. The largest absolute Gasteiger partial charge is 0.444 e. The molecule has 0 aromatic rings. The monoisotopic (exact) mass is 244 g/mol. The lowest BCUT2D eigenvalue weighted by atomic mass is 10.0. The highest BCUT2D eigenvalue weighted by atomic mass is 16.6. The maximum atomic E-state index is 11.6. The van der Waals surface area contributed by atoms with Crippen molar-refractivity contribution in [2.75, 3.05) is 6.67 Å². The normalized spacial score (nSPS) is 11.2. The zero-order valence-corrected chi connectivity index (χ0v) is 11.4. The smallest absolute Gasteiger partial charge is 0.409 e. The van der Waals surface area contributed by atoms with Crippen molar-refractivity contribution in [3.05, 3.63) is 0 Å². The summed E-state index contributed by atoms with van der Waals surface area (Å²) in [5.41, 5.74) is -0.524. The fourth-order valence-electron chi connectivity index (χ4n) is 1.32. The maximum Gasteiger partial charge on any atom is 0.409 e. The van der Waals surface area contributed by atoms with Crippen molar-refractivity contribution in [1.82, 2.24) is 10.6 Å². The molecular formula is C12H24N2O3. The fourth-order valence-corrected chi connectivity index (χ4v) is 1.32. The Kier molecular flexibility index (Phi) is 6.61. The van der Waals surface area contributed by atoms with Crippen LogP contribution < -0.4 is 10.6 Å². The summed E-state index contributed by atoms with van der Waals surface area (Å²) >= 11 is 0. The van der Waals surface area contributed by atoms with Gasteiger partial charge in [-0.05, 0) is 33.6 Å². The third-order valence-corrected chi connectivity index (χ3v) is 2.25. The van der Waals surface area contributed by atoms with Gasteiger partial charge in [-0.1, -0.05) is 13.8 Å². The van der Waals surface area contributed by atoms with Crippen molar-refractivity contribution in [2.45, 2.75) is 53.1 Å². The van der Waals surface area contributed by atoms with Gasteiger partial charge in [0, 0.05) is 5.92 Å². The van der Waals surface area contributed by atoms with Crippen LogP contribution in [0.3, 0.4) is 0 Å². The number of carbonyl (C=O) groups is 2. The van der Waals surface area contributed by atoms with Gasteiger partial charge in [-0.25, -0.2) is 4.79 Å². The minimum Gasteiger partial charge on any atom is -0.444 e. The van der Waals surface area contributed by atoms with Crippen LogP contribution in [0, 0.1) is 5.92 Å². The second-order valence-electron chi connectivity index (χ2n) is 4.91. The lowest BCUT2D eigenvalue weighted by Gasteiger charge is -2.20. The zero-order valence-electron chi connectivity index (χ0n) is 11.4. The fraction of sp³-hybridized carbons (Fsp3) is 0.833. The van der Waals surface area contributed by atoms with Crippen LogP contribution in [0.4, 0.5) is 4.79 Å². The van der Waals surface area contributed by atoms with E-state index in [0.29, 0.717) is 0 Å². The summed E-state index contributed by atoms with van der Waals surface area (Å²) in [7, 11) is 0. The van der Waals surface area contributed by atoms with Crippen LogP contribution in [0.25, 0.3) is 0 Å². The van der Waals surface area contributed by atoms with Crippen molar-refractivity contribution in [3.8, 4) is 0 Å². The van der Waals surface area contributed by atoms with E-state index in [4.69, 9.17) is 4.74 Å². The number of hydrogen-bond donors (Lipinski definition) is 2. The molecule has 17 heavy (non-hydrogen) atoms. The Morgan fingerprint density at radius 3 is 2.06 bits per heavy atom. The first-order valence-electron chi connectivity index (χ1n) is 6.04. The Hall–Kier alpha value is -1.26. The summed E-state index contributed by atoms with van der Waals surface area (Å²) in [6, 6.07) is 0. The van der Waals surface area contributed by atoms with Gasteiger partial charge in [0.05, 0.1) is 6.67 Å². The molecule has 100 valence electrons. The molecule has 0 aliphatic rings. The number of ether oxygens (including phenoxy) is 1. The predicted molar refractivity (Wildman–Crippen MR) is 66.5 cm³/mol. The van der Waals surface area contributed by atoms with Crippen LogP contribution in [-0.4, -0.2) is 24.3 Å². The van der Waals surface area contributed by atoms with Gasteiger partial charge in [0.1, 0.15) is 5.60 Å². The van der Waals surface area contributed by atoms with E-state index in [2.05, 4.69) is 10.6 Å². The van der Waals surface area contributed by atoms with Crippen molar-refractivity contribution < 1.29 is 14.3 Å². The number of rotatable bonds is 5. The van der Waals surface area contributed by atoms with Crippen LogP contribution in [0.5, 0.6) is 0 Å². The van der Waals surface area contributed by atoms with Crippen molar-refractivity contribution in [1.29, 1.82) is 0 Å². The summed E-state index contributed by atoms with van der Waals surface area (Å²) in [4.78, 5) is 22.8. The average molecular weight is 244 g/mol. The molecule has 0 heterocycles. The Balaban J connectivity index is 3.84. The van der Waals surface area contributed by atoms with Gasteiger partial charge in [0.25, 0.3) is 0 Å². The van der Waals surface area contributed by atoms with E-state index >= 15 is 0 Å². The molecule has 0 bridgehead atoms. The zero-order chi connectivity index (χ0) is 13.5. The second-order valence-corrected chi connectivity index (χ2v) is 4.91. The first kappa shape index (κ1) is 15.7. The highest BCUT2D eigenvalue weighted by Gasteiger charge is 2.17. The summed E-state index contributed by atoms with van der Waals surface area (Å²) < 4.78 is 5.03. The van der Waals surface area contributed by atoms with E-state index in [1.807, 2.05) is 13.8 Å². The highest BCUT2D eigenvalue weighted by molar-refractivity contribution is 5.79. The third-order valence-electron chi connectivity index (χ3n) is 2.25. The number of nitrogens with one attached hydrogen (secondary N) is 2. The van der Waals surface area contributed by atoms with E-state index < -0.39 is 11.7 Å². The topological polar surface area (TPSA) is 67.4 Å². The Bertz CT molecular complexity index is 255. The molecule has 0 aromatic heterocycles. The molecule has 0 aromatic carbocycles. The molecule has 2 amide bonds. The second kappa shape index (κ2) is 7.14. The van der Waals surface area contributed by atoms with Crippen LogP contribution >= 0.6 is 0 Å². The van der Waals surface area contributed by atoms with Crippen LogP contribution in [0.2, 0.25) is 0 Å². The predicted octanol–water partition coefficient (Wildman–Crippen LogP) is 2.02. The molecule has 0 radical (unpaired) electrons. The van der Waals surface area contributed by atoms with Gasteiger partial charge in [0.2, 0.25) is 5.91 Å². The van der Waals surface area contributed by atoms with Crippen molar-refractivity contribution in [3.63, 3.8) is 0 Å². The first-order valence-corrected chi connectivity index (χ1v) is 6.04. The van der Waals surface area contributed by atoms with Crippen LogP contribution in [-0.2, 0) is 9.53 Å². The number of hydrogen-bond acceptors (Lipinski definition) is 3. The average Bonchev–Trinajstić information content (AvgIpc) is 2.16. The van der Waals surface area contributed by atoms with E-state index in [-0.39, 0.29) is 18.5 Å². The van der Waals surface area contributed by atoms with Crippen LogP contribution in [0.15, 0.2) is 0 Å². The molecular weight excluding hydrogens is 220 g/mol. The molecule has 2 N–H and O–H groups in total. The summed E-state index contributed by atoms with van der Waals surface area (Å²) in [6.07, 6.45) is 1.08. The van der Waals surface area contributed by atoms with Gasteiger partial charge in [0.15, 0.2) is 0 Å². The molecule has 0 unspecified atom stereocenters. The van der Waals surface area contributed by atoms with Gasteiger partial charge in [-0.3, -0.25) is 4.79 Å². The summed E-state index contributed by atoms with van der Waals surface area (Å²) in [5, 5.41) is 5.13. The van der Waals surface area contributed by atoms with Crippen LogP contribution in [0.1, 0.15) is 47.5 Å². The molecule has 0 saturated carbocycles. The standard InChI is InChI=1S/C12H24N2O3/c1-6-9(7-2)10(15)13-8-14-11(16)17-12(3,4)5/h9H,6-8H2,1-5H3,(H,13,15)(H,14,16). The number of amides is 2. The quantitative estimate of drug-likeness (QED) is 0.727. The number of alkyl carbamates (subject to hydrolysis) is 1. The van der Waals surface area contributed by atoms with Gasteiger partial charge < -0.3 is 15.4 Å². The third kappa shape index (κ3) is 7.60. The Labute approximate surface area is 103 Å². The van der Waals surface area contributed by atoms with Crippen molar-refractivity contribution in [2.24, 2.45) is 5.92 Å². The summed E-state index contributed by atoms with van der Waals surface area (Å²) in [5.74, 6) is -0.0264. The molecule has 0 aliphatic heterocycles. The lowest BCUT2D eigenvalue weighted by Crippen LogP contribution is -2.41. The van der Waals surface area contributed by atoms with E-state index in [9.17, 15) is 9.59 Å². The molecule has 0 rings (SSSR count). The molecule has 0 aliphatic carbocycles. The van der Waals surface area contributed by atoms with Gasteiger partial charge in [-0.15, -0.1) is 0 Å². The Morgan fingerprint density at radius 1 is 1.12 bits per heavy atom. The molecule has 0 fully saturated rings. The van der Waals surface area contributed by atoms with E-state index in [1.165, 1.54) is 0 Å². The SMILES string of the molecule is CCC(CC)C(=O)NCNC(=O)OC(C)(C)C. The molecule has 0 saturated heterocycles. The number of carbonyl (C=O) groups excluding carboxylic acids is 2. The van der Waals surface area contributed by atoms with Gasteiger partial charge in [-0.2, -0.15) is 0 Å². The van der Waals surface area contributed by atoms with Crippen molar-refractivity contribution >= 4 is 12.0 Å². The van der Waals surface area contributed by atoms with E-state index in [0.717, 1.165) is 12.8 Å². The molecule has 0 atom stereocenters. The molecule has 5 nitrogen and oxygen atoms in total. The minimum absolute atomic E-state index is 0.00966. The molecule has 0 spiro atoms. The minimum atomic E-state index is -0.526. The first-order chi connectivity index (χ1) is 7.80.